The lowest BCUT2D eigenvalue weighted by atomic mass is 10.2. The van der Waals surface area contributed by atoms with Crippen molar-refractivity contribution >= 4 is 17.3 Å². The number of nitro benzene ring substituents is 1. The summed E-state index contributed by atoms with van der Waals surface area (Å²) >= 11 is 0. The molecule has 0 bridgehead atoms. The number of nitrogens with zero attached hydrogens (tertiary/aromatic N) is 2. The molecule has 0 aliphatic heterocycles. The van der Waals surface area contributed by atoms with Gasteiger partial charge in [-0.05, 0) is 20.0 Å². The minimum Gasteiger partial charge on any atom is -0.395 e. The molecule has 7 heteroatoms. The maximum atomic E-state index is 11.9. The predicted octanol–water partition coefficient (Wildman–Crippen LogP) is 0.846. The van der Waals surface area contributed by atoms with Crippen LogP contribution in [-0.4, -0.2) is 47.1 Å². The quantitative estimate of drug-likeness (QED) is 0.588. The Labute approximate surface area is 111 Å². The number of nitrogens with one attached hydrogen (secondary N) is 1. The van der Waals surface area contributed by atoms with E-state index in [1.165, 1.54) is 18.2 Å². The third-order valence-corrected chi connectivity index (χ3v) is 2.85. The molecule has 7 nitrogen and oxygen atoms in total. The fourth-order valence-electron chi connectivity index (χ4n) is 1.53. The van der Waals surface area contributed by atoms with E-state index in [2.05, 4.69) is 5.32 Å². The summed E-state index contributed by atoms with van der Waals surface area (Å²) in [5.74, 6) is -0.356. The Bertz CT molecular complexity index is 464. The molecule has 0 spiro atoms. The number of aliphatic hydroxyl groups excluding tert-OH is 1. The second kappa shape index (κ2) is 6.81. The lowest BCUT2D eigenvalue weighted by molar-refractivity contribution is -0.383. The smallest absolute Gasteiger partial charge is 0.292 e. The summed E-state index contributed by atoms with van der Waals surface area (Å²) in [4.78, 5) is 23.9. The van der Waals surface area contributed by atoms with E-state index in [0.717, 1.165) is 0 Å². The first-order valence-corrected chi connectivity index (χ1v) is 5.82. The third-order valence-electron chi connectivity index (χ3n) is 2.85. The second-order valence-corrected chi connectivity index (χ2v) is 4.14. The molecule has 0 fully saturated rings. The van der Waals surface area contributed by atoms with Crippen molar-refractivity contribution in [2.24, 2.45) is 0 Å². The summed E-state index contributed by atoms with van der Waals surface area (Å²) in [5, 5.41) is 22.2. The van der Waals surface area contributed by atoms with Crippen LogP contribution in [0.15, 0.2) is 24.3 Å². The van der Waals surface area contributed by atoms with Crippen LogP contribution in [0, 0.1) is 10.1 Å². The van der Waals surface area contributed by atoms with Crippen molar-refractivity contribution in [2.45, 2.75) is 13.0 Å². The number of amides is 1. The Hall–Kier alpha value is -1.99. The van der Waals surface area contributed by atoms with Gasteiger partial charge in [0.2, 0.25) is 5.91 Å². The first-order valence-electron chi connectivity index (χ1n) is 5.82. The van der Waals surface area contributed by atoms with Gasteiger partial charge in [-0.25, -0.2) is 0 Å². The van der Waals surface area contributed by atoms with Crippen molar-refractivity contribution in [3.8, 4) is 0 Å². The maximum Gasteiger partial charge on any atom is 0.292 e. The van der Waals surface area contributed by atoms with Crippen LogP contribution < -0.4 is 5.32 Å². The number of hydrogen-bond acceptors (Lipinski definition) is 5. The zero-order valence-corrected chi connectivity index (χ0v) is 10.9. The fraction of sp³-hybridized carbons (Fsp3) is 0.417. The molecule has 1 unspecified atom stereocenters. The Morgan fingerprint density at radius 3 is 2.74 bits per heavy atom. The number of hydrogen-bond donors (Lipinski definition) is 2. The summed E-state index contributed by atoms with van der Waals surface area (Å²) in [5.41, 5.74) is 0.0228. The van der Waals surface area contributed by atoms with Crippen molar-refractivity contribution in [1.82, 2.24) is 4.90 Å². The van der Waals surface area contributed by atoms with E-state index in [4.69, 9.17) is 5.11 Å². The molecule has 19 heavy (non-hydrogen) atoms. The highest BCUT2D eigenvalue weighted by atomic mass is 16.6. The van der Waals surface area contributed by atoms with Crippen LogP contribution in [0.4, 0.5) is 11.4 Å². The van der Waals surface area contributed by atoms with Crippen LogP contribution in [-0.2, 0) is 4.79 Å². The summed E-state index contributed by atoms with van der Waals surface area (Å²) in [6, 6.07) is 5.47. The van der Waals surface area contributed by atoms with E-state index in [0.29, 0.717) is 6.54 Å². The molecule has 0 saturated carbocycles. The summed E-state index contributed by atoms with van der Waals surface area (Å²) in [6.07, 6.45) is 0. The number of anilines is 1. The monoisotopic (exact) mass is 267 g/mol. The van der Waals surface area contributed by atoms with Gasteiger partial charge < -0.3 is 10.4 Å². The first-order chi connectivity index (χ1) is 8.97. The molecule has 0 radical (unpaired) electrons. The molecule has 1 aromatic carbocycles. The zero-order chi connectivity index (χ0) is 14.4. The van der Waals surface area contributed by atoms with Gasteiger partial charge in [-0.3, -0.25) is 19.8 Å². The van der Waals surface area contributed by atoms with E-state index < -0.39 is 11.0 Å². The van der Waals surface area contributed by atoms with Gasteiger partial charge in [0.1, 0.15) is 5.69 Å². The average Bonchev–Trinajstić information content (AvgIpc) is 2.38. The molecule has 1 rings (SSSR count). The van der Waals surface area contributed by atoms with Crippen molar-refractivity contribution in [3.63, 3.8) is 0 Å². The van der Waals surface area contributed by atoms with Crippen LogP contribution in [0.1, 0.15) is 6.92 Å². The van der Waals surface area contributed by atoms with Gasteiger partial charge in [0, 0.05) is 12.6 Å². The Balaban J connectivity index is 2.80. The lowest BCUT2D eigenvalue weighted by Gasteiger charge is -2.22. The molecule has 1 aromatic rings. The Morgan fingerprint density at radius 1 is 1.53 bits per heavy atom. The number of nitro groups is 1. The summed E-state index contributed by atoms with van der Waals surface area (Å²) < 4.78 is 0. The first kappa shape index (κ1) is 15.1. The van der Waals surface area contributed by atoms with E-state index in [1.807, 2.05) is 0 Å². The Kier molecular flexibility index (Phi) is 5.40. The molecule has 0 aliphatic rings. The van der Waals surface area contributed by atoms with Crippen molar-refractivity contribution in [1.29, 1.82) is 0 Å². The molecular weight excluding hydrogens is 250 g/mol. The van der Waals surface area contributed by atoms with Gasteiger partial charge in [0.05, 0.1) is 17.6 Å². The van der Waals surface area contributed by atoms with Crippen molar-refractivity contribution < 1.29 is 14.8 Å². The molecule has 104 valence electrons. The average molecular weight is 267 g/mol. The van der Waals surface area contributed by atoms with Crippen molar-refractivity contribution in [3.05, 3.63) is 34.4 Å². The summed E-state index contributed by atoms with van der Waals surface area (Å²) in [7, 11) is 1.69. The van der Waals surface area contributed by atoms with Gasteiger partial charge in [-0.2, -0.15) is 0 Å². The van der Waals surface area contributed by atoms with E-state index in [1.54, 1.807) is 24.9 Å². The van der Waals surface area contributed by atoms with E-state index >= 15 is 0 Å². The number of carbonyl (C=O) groups excluding carboxylic acids is 1. The zero-order valence-electron chi connectivity index (χ0n) is 10.9. The highest BCUT2D eigenvalue weighted by Gasteiger charge is 2.21. The number of rotatable bonds is 6. The Morgan fingerprint density at radius 2 is 2.16 bits per heavy atom. The number of aliphatic hydroxyl groups is 1. The molecule has 1 atom stereocenters. The molecule has 0 aliphatic carbocycles. The van der Waals surface area contributed by atoms with E-state index in [-0.39, 0.29) is 23.9 Å². The van der Waals surface area contributed by atoms with E-state index in [9.17, 15) is 14.9 Å². The number of para-hydroxylation sites is 2. The standard InChI is InChI=1S/C12H17N3O4/c1-9(14(2)7-8-16)12(17)13-10-5-3-4-6-11(10)15(18)19/h3-6,9,16H,7-8H2,1-2H3,(H,13,17). The lowest BCUT2D eigenvalue weighted by Crippen LogP contribution is -2.41. The molecule has 0 saturated heterocycles. The van der Waals surface area contributed by atoms with Crippen molar-refractivity contribution in [2.75, 3.05) is 25.5 Å². The second-order valence-electron chi connectivity index (χ2n) is 4.14. The largest absolute Gasteiger partial charge is 0.395 e. The van der Waals surface area contributed by atoms with Gasteiger partial charge in [0.25, 0.3) is 5.69 Å². The van der Waals surface area contributed by atoms with Gasteiger partial charge >= 0.3 is 0 Å². The maximum absolute atomic E-state index is 11.9. The van der Waals surface area contributed by atoms with Crippen LogP contribution in [0.5, 0.6) is 0 Å². The topological polar surface area (TPSA) is 95.7 Å². The molecule has 1 amide bonds. The predicted molar refractivity (Wildman–Crippen MR) is 70.9 cm³/mol. The van der Waals surface area contributed by atoms with Crippen LogP contribution >= 0.6 is 0 Å². The highest BCUT2D eigenvalue weighted by Crippen LogP contribution is 2.23. The molecule has 0 heterocycles. The van der Waals surface area contributed by atoms with Gasteiger partial charge in [-0.1, -0.05) is 12.1 Å². The van der Waals surface area contributed by atoms with Crippen LogP contribution in [0.25, 0.3) is 0 Å². The highest BCUT2D eigenvalue weighted by molar-refractivity contribution is 5.96. The van der Waals surface area contributed by atoms with Crippen LogP contribution in [0.3, 0.4) is 0 Å². The minimum atomic E-state index is -0.544. The number of carbonyl (C=O) groups is 1. The summed E-state index contributed by atoms with van der Waals surface area (Å²) in [6.45, 7) is 1.96. The minimum absolute atomic E-state index is 0.0559. The normalized spacial score (nSPS) is 12.2. The fourth-order valence-corrected chi connectivity index (χ4v) is 1.53. The molecule has 2 N–H and O–H groups in total. The molecule has 0 aromatic heterocycles. The number of benzene rings is 1. The third kappa shape index (κ3) is 4.01. The van der Waals surface area contributed by atoms with Gasteiger partial charge in [0.15, 0.2) is 0 Å². The van der Waals surface area contributed by atoms with Gasteiger partial charge in [-0.15, -0.1) is 0 Å². The van der Waals surface area contributed by atoms with Crippen LogP contribution in [0.2, 0.25) is 0 Å². The SMILES string of the molecule is CC(C(=O)Nc1ccccc1[N+](=O)[O-])N(C)CCO. The number of likely N-dealkylation sites (N-methyl/N-ethyl adjacent to an activating group) is 1. The molecular formula is C12H17N3O4.